The second-order valence-electron chi connectivity index (χ2n) is 4.17. The Bertz CT molecular complexity index is 196. The van der Waals surface area contributed by atoms with Crippen LogP contribution in [0.2, 0.25) is 0 Å². The van der Waals surface area contributed by atoms with Gasteiger partial charge in [-0.2, -0.15) is 0 Å². The molecular formula is C10H18N2. The zero-order chi connectivity index (χ0) is 8.55. The second kappa shape index (κ2) is 3.09. The van der Waals surface area contributed by atoms with E-state index >= 15 is 0 Å². The van der Waals surface area contributed by atoms with E-state index in [9.17, 15) is 0 Å². The molecule has 2 nitrogen and oxygen atoms in total. The fourth-order valence-corrected chi connectivity index (χ4v) is 1.94. The lowest BCUT2D eigenvalue weighted by Gasteiger charge is -2.28. The van der Waals surface area contributed by atoms with E-state index in [-0.39, 0.29) is 0 Å². The van der Waals surface area contributed by atoms with Gasteiger partial charge in [0.25, 0.3) is 0 Å². The molecule has 2 heteroatoms. The number of fused-ring (bicyclic) bond motifs is 1. The van der Waals surface area contributed by atoms with E-state index in [1.165, 1.54) is 31.5 Å². The minimum absolute atomic E-state index is 0.582. The molecule has 1 saturated heterocycles. The Morgan fingerprint density at radius 2 is 2.33 bits per heavy atom. The maximum Gasteiger partial charge on any atom is 0.0485 e. The lowest BCUT2D eigenvalue weighted by atomic mass is 10.0. The SMILES string of the molecule is CC(C)C1C=C2CCCCN2N1. The fourth-order valence-electron chi connectivity index (χ4n) is 1.94. The third-order valence-electron chi connectivity index (χ3n) is 2.81. The standard InChI is InChI=1S/C10H18N2/c1-8(2)10-7-9-5-3-4-6-12(9)11-10/h7-8,10-11H,3-6H2,1-2H3. The number of nitrogens with one attached hydrogen (secondary N) is 1. The highest BCUT2D eigenvalue weighted by atomic mass is 15.5. The van der Waals surface area contributed by atoms with Crippen molar-refractivity contribution in [3.63, 3.8) is 0 Å². The summed E-state index contributed by atoms with van der Waals surface area (Å²) in [6, 6.07) is 0.582. The third-order valence-corrected chi connectivity index (χ3v) is 2.81. The highest BCUT2D eigenvalue weighted by molar-refractivity contribution is 5.13. The molecule has 1 fully saturated rings. The molecule has 0 aliphatic carbocycles. The van der Waals surface area contributed by atoms with Crippen molar-refractivity contribution in [1.82, 2.24) is 10.4 Å². The maximum absolute atomic E-state index is 3.53. The van der Waals surface area contributed by atoms with Gasteiger partial charge in [-0.25, -0.2) is 5.43 Å². The van der Waals surface area contributed by atoms with Crippen molar-refractivity contribution in [3.05, 3.63) is 11.8 Å². The van der Waals surface area contributed by atoms with Crippen molar-refractivity contribution >= 4 is 0 Å². The van der Waals surface area contributed by atoms with Gasteiger partial charge in [-0.3, -0.25) is 0 Å². The molecule has 0 amide bonds. The largest absolute Gasteiger partial charge is 0.312 e. The van der Waals surface area contributed by atoms with Gasteiger partial charge in [0.2, 0.25) is 0 Å². The van der Waals surface area contributed by atoms with Crippen LogP contribution in [0.4, 0.5) is 0 Å². The van der Waals surface area contributed by atoms with Crippen LogP contribution in [-0.2, 0) is 0 Å². The van der Waals surface area contributed by atoms with Crippen LogP contribution in [0.5, 0.6) is 0 Å². The summed E-state index contributed by atoms with van der Waals surface area (Å²) >= 11 is 0. The van der Waals surface area contributed by atoms with Crippen LogP contribution in [0.25, 0.3) is 0 Å². The van der Waals surface area contributed by atoms with Gasteiger partial charge in [0, 0.05) is 18.3 Å². The fraction of sp³-hybridized carbons (Fsp3) is 0.800. The number of piperidine rings is 1. The third kappa shape index (κ3) is 1.36. The first-order valence-electron chi connectivity index (χ1n) is 5.02. The average molecular weight is 166 g/mol. The molecule has 0 aromatic heterocycles. The van der Waals surface area contributed by atoms with Gasteiger partial charge >= 0.3 is 0 Å². The van der Waals surface area contributed by atoms with Crippen LogP contribution in [0, 0.1) is 5.92 Å². The molecule has 2 aliphatic rings. The molecule has 0 spiro atoms. The van der Waals surface area contributed by atoms with Crippen LogP contribution in [-0.4, -0.2) is 17.6 Å². The Morgan fingerprint density at radius 1 is 1.50 bits per heavy atom. The first kappa shape index (κ1) is 8.11. The molecule has 2 heterocycles. The van der Waals surface area contributed by atoms with Crippen LogP contribution in [0.3, 0.4) is 0 Å². The smallest absolute Gasteiger partial charge is 0.0485 e. The van der Waals surface area contributed by atoms with E-state index in [4.69, 9.17) is 0 Å². The molecular weight excluding hydrogens is 148 g/mol. The molecule has 0 bridgehead atoms. The summed E-state index contributed by atoms with van der Waals surface area (Å²) < 4.78 is 0. The number of hydrogen-bond donors (Lipinski definition) is 1. The van der Waals surface area contributed by atoms with E-state index in [0.29, 0.717) is 12.0 Å². The van der Waals surface area contributed by atoms with Crippen molar-refractivity contribution in [2.24, 2.45) is 5.92 Å². The van der Waals surface area contributed by atoms with E-state index in [2.05, 4.69) is 30.4 Å². The zero-order valence-electron chi connectivity index (χ0n) is 8.01. The Kier molecular flexibility index (Phi) is 2.09. The molecule has 1 N–H and O–H groups in total. The first-order chi connectivity index (χ1) is 5.77. The topological polar surface area (TPSA) is 15.3 Å². The number of nitrogens with zero attached hydrogens (tertiary/aromatic N) is 1. The highest BCUT2D eigenvalue weighted by Gasteiger charge is 2.25. The van der Waals surface area contributed by atoms with Gasteiger partial charge in [0.05, 0.1) is 0 Å². The summed E-state index contributed by atoms with van der Waals surface area (Å²) in [5.74, 6) is 0.711. The minimum atomic E-state index is 0.582. The molecule has 0 radical (unpaired) electrons. The quantitative estimate of drug-likeness (QED) is 0.640. The van der Waals surface area contributed by atoms with Gasteiger partial charge in [-0.1, -0.05) is 13.8 Å². The van der Waals surface area contributed by atoms with Gasteiger partial charge in [0.15, 0.2) is 0 Å². The number of rotatable bonds is 1. The van der Waals surface area contributed by atoms with Gasteiger partial charge in [0.1, 0.15) is 0 Å². The zero-order valence-corrected chi connectivity index (χ0v) is 8.01. The van der Waals surface area contributed by atoms with Gasteiger partial charge < -0.3 is 5.01 Å². The summed E-state index contributed by atoms with van der Waals surface area (Å²) in [6.07, 6.45) is 6.39. The normalized spacial score (nSPS) is 29.1. The average Bonchev–Trinajstić information content (AvgIpc) is 2.46. The Morgan fingerprint density at radius 3 is 3.00 bits per heavy atom. The minimum Gasteiger partial charge on any atom is -0.312 e. The molecule has 68 valence electrons. The monoisotopic (exact) mass is 166 g/mol. The molecule has 12 heavy (non-hydrogen) atoms. The Balaban J connectivity index is 2.05. The molecule has 2 aliphatic heterocycles. The summed E-state index contributed by atoms with van der Waals surface area (Å²) in [4.78, 5) is 0. The first-order valence-corrected chi connectivity index (χ1v) is 5.02. The number of hydrazine groups is 1. The van der Waals surface area contributed by atoms with Crippen LogP contribution in [0.1, 0.15) is 33.1 Å². The molecule has 0 aromatic carbocycles. The lowest BCUT2D eigenvalue weighted by Crippen LogP contribution is -2.41. The van der Waals surface area contributed by atoms with Gasteiger partial charge in [-0.05, 0) is 31.3 Å². The molecule has 2 rings (SSSR count). The van der Waals surface area contributed by atoms with Crippen molar-refractivity contribution < 1.29 is 0 Å². The summed E-state index contributed by atoms with van der Waals surface area (Å²) in [7, 11) is 0. The molecule has 1 atom stereocenters. The van der Waals surface area contributed by atoms with Crippen molar-refractivity contribution in [3.8, 4) is 0 Å². The molecule has 0 aromatic rings. The number of hydrogen-bond acceptors (Lipinski definition) is 2. The predicted molar refractivity (Wildman–Crippen MR) is 50.4 cm³/mol. The highest BCUT2D eigenvalue weighted by Crippen LogP contribution is 2.25. The van der Waals surface area contributed by atoms with E-state index in [0.717, 1.165) is 0 Å². The predicted octanol–water partition coefficient (Wildman–Crippen LogP) is 1.90. The van der Waals surface area contributed by atoms with Crippen LogP contribution < -0.4 is 5.43 Å². The van der Waals surface area contributed by atoms with Crippen LogP contribution in [0.15, 0.2) is 11.8 Å². The van der Waals surface area contributed by atoms with Crippen LogP contribution >= 0.6 is 0 Å². The van der Waals surface area contributed by atoms with E-state index in [1.54, 1.807) is 0 Å². The molecule has 0 saturated carbocycles. The van der Waals surface area contributed by atoms with E-state index < -0.39 is 0 Å². The van der Waals surface area contributed by atoms with Gasteiger partial charge in [-0.15, -0.1) is 0 Å². The second-order valence-corrected chi connectivity index (χ2v) is 4.17. The van der Waals surface area contributed by atoms with Crippen molar-refractivity contribution in [1.29, 1.82) is 0 Å². The van der Waals surface area contributed by atoms with E-state index in [1.807, 2.05) is 0 Å². The van der Waals surface area contributed by atoms with Crippen molar-refractivity contribution in [2.45, 2.75) is 39.2 Å². The summed E-state index contributed by atoms with van der Waals surface area (Å²) in [5, 5.41) is 2.34. The Labute approximate surface area is 74.6 Å². The molecule has 1 unspecified atom stereocenters. The van der Waals surface area contributed by atoms with Crippen molar-refractivity contribution in [2.75, 3.05) is 6.54 Å². The summed E-state index contributed by atoms with van der Waals surface area (Å²) in [5.41, 5.74) is 5.06. The number of allylic oxidation sites excluding steroid dienone is 1. The maximum atomic E-state index is 3.53. The lowest BCUT2D eigenvalue weighted by molar-refractivity contribution is 0.205. The summed E-state index contributed by atoms with van der Waals surface area (Å²) in [6.45, 7) is 5.75. The Hall–Kier alpha value is -0.500.